The molecule has 4 nitrogen and oxygen atoms in total. The van der Waals surface area contributed by atoms with Gasteiger partial charge in [0.2, 0.25) is 0 Å². The van der Waals surface area contributed by atoms with Crippen molar-refractivity contribution in [2.75, 3.05) is 26.2 Å². The number of fused-ring (bicyclic) bond motifs is 1. The number of amides is 1. The molecule has 2 aliphatic rings. The standard InChI is InChI=1S/C9H17N3O/c1-7(2)12-6-5-11-4-3-10-8(11)9(12)13/h7-8,10H,3-6H2,1-2H3. The molecule has 2 fully saturated rings. The number of nitrogens with zero attached hydrogens (tertiary/aromatic N) is 2. The molecule has 2 aliphatic heterocycles. The molecule has 0 bridgehead atoms. The Morgan fingerprint density at radius 3 is 2.85 bits per heavy atom. The first-order chi connectivity index (χ1) is 6.20. The molecule has 0 aromatic carbocycles. The maximum absolute atomic E-state index is 11.9. The predicted octanol–water partition coefficient (Wildman–Crippen LogP) is -0.532. The van der Waals surface area contributed by atoms with Gasteiger partial charge < -0.3 is 4.90 Å². The Bertz CT molecular complexity index is 213. The molecule has 13 heavy (non-hydrogen) atoms. The zero-order valence-electron chi connectivity index (χ0n) is 8.29. The van der Waals surface area contributed by atoms with Gasteiger partial charge in [0.25, 0.3) is 5.91 Å². The van der Waals surface area contributed by atoms with Crippen LogP contribution in [0.2, 0.25) is 0 Å². The molecule has 4 heteroatoms. The van der Waals surface area contributed by atoms with Crippen LogP contribution in [-0.2, 0) is 4.79 Å². The second kappa shape index (κ2) is 3.27. The van der Waals surface area contributed by atoms with Crippen molar-refractivity contribution in [3.63, 3.8) is 0 Å². The Morgan fingerprint density at radius 2 is 2.15 bits per heavy atom. The smallest absolute Gasteiger partial charge is 0.255 e. The minimum absolute atomic E-state index is 0.0313. The summed E-state index contributed by atoms with van der Waals surface area (Å²) in [6, 6.07) is 0.331. The summed E-state index contributed by atoms with van der Waals surface area (Å²) < 4.78 is 0. The van der Waals surface area contributed by atoms with Crippen LogP contribution in [0.4, 0.5) is 0 Å². The molecule has 1 amide bonds. The summed E-state index contributed by atoms with van der Waals surface area (Å²) >= 11 is 0. The van der Waals surface area contributed by atoms with Gasteiger partial charge in [0.05, 0.1) is 0 Å². The van der Waals surface area contributed by atoms with Crippen LogP contribution in [0, 0.1) is 0 Å². The predicted molar refractivity (Wildman–Crippen MR) is 50.2 cm³/mol. The van der Waals surface area contributed by atoms with Gasteiger partial charge in [-0.15, -0.1) is 0 Å². The van der Waals surface area contributed by atoms with Gasteiger partial charge in [-0.1, -0.05) is 0 Å². The number of nitrogens with one attached hydrogen (secondary N) is 1. The molecule has 0 radical (unpaired) electrons. The van der Waals surface area contributed by atoms with E-state index in [1.165, 1.54) is 0 Å². The van der Waals surface area contributed by atoms with E-state index in [-0.39, 0.29) is 12.1 Å². The average Bonchev–Trinajstić information content (AvgIpc) is 2.52. The highest BCUT2D eigenvalue weighted by Crippen LogP contribution is 2.14. The fourth-order valence-corrected chi connectivity index (χ4v) is 2.10. The van der Waals surface area contributed by atoms with Gasteiger partial charge in [0.15, 0.2) is 0 Å². The third kappa shape index (κ3) is 1.44. The van der Waals surface area contributed by atoms with Crippen molar-refractivity contribution in [1.29, 1.82) is 0 Å². The van der Waals surface area contributed by atoms with E-state index in [0.717, 1.165) is 26.2 Å². The summed E-state index contributed by atoms with van der Waals surface area (Å²) in [4.78, 5) is 16.1. The largest absolute Gasteiger partial charge is 0.336 e. The van der Waals surface area contributed by atoms with Gasteiger partial charge in [0.1, 0.15) is 6.17 Å². The average molecular weight is 183 g/mol. The van der Waals surface area contributed by atoms with Gasteiger partial charge in [-0.3, -0.25) is 15.0 Å². The fraction of sp³-hybridized carbons (Fsp3) is 0.889. The van der Waals surface area contributed by atoms with E-state index in [1.807, 2.05) is 4.90 Å². The zero-order chi connectivity index (χ0) is 9.42. The van der Waals surface area contributed by atoms with E-state index < -0.39 is 0 Å². The van der Waals surface area contributed by atoms with Crippen molar-refractivity contribution in [2.45, 2.75) is 26.1 Å². The molecular formula is C9H17N3O. The Hall–Kier alpha value is -0.610. The molecule has 0 aliphatic carbocycles. The summed E-state index contributed by atoms with van der Waals surface area (Å²) in [6.07, 6.45) is -0.0313. The Labute approximate surface area is 78.9 Å². The molecule has 1 atom stereocenters. The molecule has 2 rings (SSSR count). The lowest BCUT2D eigenvalue weighted by atomic mass is 10.2. The molecule has 0 saturated carbocycles. The van der Waals surface area contributed by atoms with Crippen molar-refractivity contribution in [2.24, 2.45) is 0 Å². The second-order valence-corrected chi connectivity index (χ2v) is 4.02. The first-order valence-electron chi connectivity index (χ1n) is 4.98. The van der Waals surface area contributed by atoms with E-state index in [4.69, 9.17) is 0 Å². The summed E-state index contributed by atoms with van der Waals surface area (Å²) in [5.74, 6) is 0.249. The molecular weight excluding hydrogens is 166 g/mol. The highest BCUT2D eigenvalue weighted by atomic mass is 16.2. The van der Waals surface area contributed by atoms with Gasteiger partial charge in [-0.05, 0) is 13.8 Å². The van der Waals surface area contributed by atoms with Crippen LogP contribution >= 0.6 is 0 Å². The molecule has 0 aromatic heterocycles. The number of hydrogen-bond acceptors (Lipinski definition) is 3. The molecule has 1 unspecified atom stereocenters. The third-order valence-corrected chi connectivity index (χ3v) is 2.87. The molecule has 0 spiro atoms. The van der Waals surface area contributed by atoms with Crippen molar-refractivity contribution in [3.8, 4) is 0 Å². The summed E-state index contributed by atoms with van der Waals surface area (Å²) in [7, 11) is 0. The Kier molecular flexibility index (Phi) is 2.26. The zero-order valence-corrected chi connectivity index (χ0v) is 8.29. The van der Waals surface area contributed by atoms with Gasteiger partial charge in [0, 0.05) is 32.2 Å². The maximum atomic E-state index is 11.9. The molecule has 2 saturated heterocycles. The van der Waals surface area contributed by atoms with Crippen LogP contribution in [-0.4, -0.2) is 54.1 Å². The molecule has 2 heterocycles. The Morgan fingerprint density at radius 1 is 1.38 bits per heavy atom. The van der Waals surface area contributed by atoms with Crippen LogP contribution < -0.4 is 5.32 Å². The van der Waals surface area contributed by atoms with Gasteiger partial charge in [-0.25, -0.2) is 0 Å². The second-order valence-electron chi connectivity index (χ2n) is 4.02. The monoisotopic (exact) mass is 183 g/mol. The van der Waals surface area contributed by atoms with E-state index in [9.17, 15) is 4.79 Å². The summed E-state index contributed by atoms with van der Waals surface area (Å²) in [5.41, 5.74) is 0. The number of hydrogen-bond donors (Lipinski definition) is 1. The summed E-state index contributed by atoms with van der Waals surface area (Å²) in [6.45, 7) is 8.01. The van der Waals surface area contributed by atoms with Crippen LogP contribution in [0.5, 0.6) is 0 Å². The van der Waals surface area contributed by atoms with E-state index >= 15 is 0 Å². The lowest BCUT2D eigenvalue weighted by molar-refractivity contribution is -0.142. The third-order valence-electron chi connectivity index (χ3n) is 2.87. The minimum Gasteiger partial charge on any atom is -0.336 e. The van der Waals surface area contributed by atoms with Crippen molar-refractivity contribution in [3.05, 3.63) is 0 Å². The van der Waals surface area contributed by atoms with Crippen LogP contribution in [0.1, 0.15) is 13.8 Å². The SMILES string of the molecule is CC(C)N1CCN2CCNC2C1=O. The van der Waals surface area contributed by atoms with Crippen molar-refractivity contribution < 1.29 is 4.79 Å². The molecule has 1 N–H and O–H groups in total. The van der Waals surface area contributed by atoms with Crippen molar-refractivity contribution >= 4 is 5.91 Å². The minimum atomic E-state index is -0.0313. The lowest BCUT2D eigenvalue weighted by Gasteiger charge is -2.38. The van der Waals surface area contributed by atoms with E-state index in [2.05, 4.69) is 24.1 Å². The molecule has 0 aromatic rings. The topological polar surface area (TPSA) is 35.6 Å². The quantitative estimate of drug-likeness (QED) is 0.593. The highest BCUT2D eigenvalue weighted by molar-refractivity contribution is 5.82. The van der Waals surface area contributed by atoms with E-state index in [1.54, 1.807) is 0 Å². The normalized spacial score (nSPS) is 29.9. The van der Waals surface area contributed by atoms with Crippen molar-refractivity contribution in [1.82, 2.24) is 15.1 Å². The number of carbonyl (C=O) groups excluding carboxylic acids is 1. The van der Waals surface area contributed by atoms with Crippen LogP contribution in [0.3, 0.4) is 0 Å². The van der Waals surface area contributed by atoms with E-state index in [0.29, 0.717) is 6.04 Å². The van der Waals surface area contributed by atoms with Crippen LogP contribution in [0.25, 0.3) is 0 Å². The van der Waals surface area contributed by atoms with Gasteiger partial charge >= 0.3 is 0 Å². The van der Waals surface area contributed by atoms with Crippen LogP contribution in [0.15, 0.2) is 0 Å². The lowest BCUT2D eigenvalue weighted by Crippen LogP contribution is -2.59. The Balaban J connectivity index is 2.09. The summed E-state index contributed by atoms with van der Waals surface area (Å²) in [5, 5.41) is 3.23. The van der Waals surface area contributed by atoms with Gasteiger partial charge in [-0.2, -0.15) is 0 Å². The maximum Gasteiger partial charge on any atom is 0.255 e. The highest BCUT2D eigenvalue weighted by Gasteiger charge is 2.37. The number of rotatable bonds is 1. The number of piperazine rings is 1. The molecule has 74 valence electrons. The fourth-order valence-electron chi connectivity index (χ4n) is 2.10. The number of carbonyl (C=O) groups is 1. The first-order valence-corrected chi connectivity index (χ1v) is 4.98. The first kappa shape index (κ1) is 8.97.